The summed E-state index contributed by atoms with van der Waals surface area (Å²) in [4.78, 5) is 29.0. The van der Waals surface area contributed by atoms with Crippen LogP contribution >= 0.6 is 0 Å². The van der Waals surface area contributed by atoms with Crippen LogP contribution in [-0.4, -0.2) is 37.3 Å². The number of hydrogen-bond donors (Lipinski definition) is 1. The van der Waals surface area contributed by atoms with E-state index in [1.165, 1.54) is 6.20 Å². The fourth-order valence-corrected chi connectivity index (χ4v) is 2.48. The molecule has 0 aliphatic carbocycles. The molecule has 6 nitrogen and oxygen atoms in total. The number of carbonyl (C=O) groups excluding carboxylic acids is 1. The molecule has 1 aliphatic rings. The summed E-state index contributed by atoms with van der Waals surface area (Å²) >= 11 is 0. The van der Waals surface area contributed by atoms with Crippen molar-refractivity contribution in [2.45, 2.75) is 13.3 Å². The van der Waals surface area contributed by atoms with Gasteiger partial charge in [-0.25, -0.2) is 0 Å². The van der Waals surface area contributed by atoms with E-state index >= 15 is 0 Å². The molecule has 1 N–H and O–H groups in total. The summed E-state index contributed by atoms with van der Waals surface area (Å²) in [7, 11) is 0. The number of hydrogen-bond acceptors (Lipinski definition) is 5. The fraction of sp³-hybridized carbons (Fsp3) is 0.375. The van der Waals surface area contributed by atoms with E-state index in [1.54, 1.807) is 6.92 Å². The molecular weight excluding hydrogens is 284 g/mol. The number of esters is 1. The number of nitrogens with zero attached hydrogens (tertiary/aromatic N) is 1. The molecule has 22 heavy (non-hydrogen) atoms. The van der Waals surface area contributed by atoms with Crippen LogP contribution in [0.3, 0.4) is 0 Å². The number of aromatic amines is 1. The molecule has 0 radical (unpaired) electrons. The topological polar surface area (TPSA) is 71.6 Å². The van der Waals surface area contributed by atoms with Gasteiger partial charge >= 0.3 is 5.97 Å². The standard InChI is InChI=1S/C16H18N2O4/c1-2-15(19)22-14-10-17-13-4-3-11(9-12(13)16(14)20)18-5-7-21-8-6-18/h3-4,9-10H,2,5-8H2,1H3,(H,17,20). The first-order valence-corrected chi connectivity index (χ1v) is 7.38. The monoisotopic (exact) mass is 302 g/mol. The van der Waals surface area contributed by atoms with Gasteiger partial charge in [0.1, 0.15) is 0 Å². The zero-order valence-electron chi connectivity index (χ0n) is 12.4. The number of fused-ring (bicyclic) bond motifs is 1. The Kier molecular flexibility index (Phi) is 4.11. The number of anilines is 1. The molecule has 2 aromatic rings. The van der Waals surface area contributed by atoms with Gasteiger partial charge in [-0.3, -0.25) is 9.59 Å². The number of pyridine rings is 1. The molecular formula is C16H18N2O4. The molecule has 0 unspecified atom stereocenters. The van der Waals surface area contributed by atoms with Crippen LogP contribution in [-0.2, 0) is 9.53 Å². The number of benzene rings is 1. The van der Waals surface area contributed by atoms with Gasteiger partial charge in [-0.15, -0.1) is 0 Å². The summed E-state index contributed by atoms with van der Waals surface area (Å²) in [6.45, 7) is 4.65. The smallest absolute Gasteiger partial charge is 0.311 e. The van der Waals surface area contributed by atoms with E-state index in [9.17, 15) is 9.59 Å². The van der Waals surface area contributed by atoms with Crippen LogP contribution < -0.4 is 15.1 Å². The maximum absolute atomic E-state index is 12.5. The number of aromatic nitrogens is 1. The molecule has 3 rings (SSSR count). The first-order chi connectivity index (χ1) is 10.7. The summed E-state index contributed by atoms with van der Waals surface area (Å²) in [6, 6.07) is 5.68. The minimum absolute atomic E-state index is 0.0403. The SMILES string of the molecule is CCC(=O)Oc1c[nH]c2ccc(N3CCOCC3)cc2c1=O. The van der Waals surface area contributed by atoms with Gasteiger partial charge < -0.3 is 19.4 Å². The van der Waals surface area contributed by atoms with Crippen LogP contribution in [0, 0.1) is 0 Å². The van der Waals surface area contributed by atoms with E-state index < -0.39 is 5.97 Å². The van der Waals surface area contributed by atoms with Gasteiger partial charge in [-0.2, -0.15) is 0 Å². The molecule has 116 valence electrons. The van der Waals surface area contributed by atoms with Crippen molar-refractivity contribution in [1.29, 1.82) is 0 Å². The number of H-pyrrole nitrogens is 1. The van der Waals surface area contributed by atoms with Crippen LogP contribution in [0.5, 0.6) is 5.75 Å². The van der Waals surface area contributed by atoms with Gasteiger partial charge in [0.05, 0.1) is 18.6 Å². The lowest BCUT2D eigenvalue weighted by Crippen LogP contribution is -2.36. The molecule has 6 heteroatoms. The molecule has 1 saturated heterocycles. The third kappa shape index (κ3) is 2.82. The van der Waals surface area contributed by atoms with Crippen LogP contribution in [0.4, 0.5) is 5.69 Å². The molecule has 1 aliphatic heterocycles. The number of morpholine rings is 1. The Morgan fingerprint density at radius 3 is 2.86 bits per heavy atom. The van der Waals surface area contributed by atoms with Crippen molar-refractivity contribution < 1.29 is 14.3 Å². The minimum Gasteiger partial charge on any atom is -0.421 e. The lowest BCUT2D eigenvalue weighted by Gasteiger charge is -2.29. The summed E-state index contributed by atoms with van der Waals surface area (Å²) in [5, 5.41) is 0.519. The van der Waals surface area contributed by atoms with E-state index in [2.05, 4.69) is 9.88 Å². The maximum Gasteiger partial charge on any atom is 0.311 e. The van der Waals surface area contributed by atoms with Crippen molar-refractivity contribution in [2.24, 2.45) is 0 Å². The van der Waals surface area contributed by atoms with Gasteiger partial charge in [0.2, 0.25) is 5.43 Å². The Morgan fingerprint density at radius 2 is 2.14 bits per heavy atom. The van der Waals surface area contributed by atoms with Crippen molar-refractivity contribution in [3.8, 4) is 5.75 Å². The molecule has 2 heterocycles. The Morgan fingerprint density at radius 1 is 1.36 bits per heavy atom. The average molecular weight is 302 g/mol. The van der Waals surface area contributed by atoms with Crippen LogP contribution in [0.15, 0.2) is 29.2 Å². The lowest BCUT2D eigenvalue weighted by molar-refractivity contribution is -0.134. The number of rotatable bonds is 3. The second kappa shape index (κ2) is 6.19. The summed E-state index contributed by atoms with van der Waals surface area (Å²) in [5.41, 5.74) is 1.42. The Hall–Kier alpha value is -2.34. The van der Waals surface area contributed by atoms with Crippen molar-refractivity contribution in [2.75, 3.05) is 31.2 Å². The summed E-state index contributed by atoms with van der Waals surface area (Å²) in [6.07, 6.45) is 1.66. The highest BCUT2D eigenvalue weighted by molar-refractivity contribution is 5.84. The van der Waals surface area contributed by atoms with Crippen LogP contribution in [0.25, 0.3) is 10.9 Å². The molecule has 1 aromatic heterocycles. The highest BCUT2D eigenvalue weighted by Gasteiger charge is 2.14. The molecule has 0 spiro atoms. The predicted octanol–water partition coefficient (Wildman–Crippen LogP) is 1.68. The maximum atomic E-state index is 12.5. The molecule has 0 atom stereocenters. The Balaban J connectivity index is 2.00. The van der Waals surface area contributed by atoms with E-state index in [1.807, 2.05) is 18.2 Å². The molecule has 1 fully saturated rings. The van der Waals surface area contributed by atoms with E-state index in [0.717, 1.165) is 24.3 Å². The summed E-state index contributed by atoms with van der Waals surface area (Å²) < 4.78 is 10.4. The summed E-state index contributed by atoms with van der Waals surface area (Å²) in [5.74, 6) is -0.382. The normalized spacial score (nSPS) is 15.0. The average Bonchev–Trinajstić information content (AvgIpc) is 2.58. The van der Waals surface area contributed by atoms with Crippen molar-refractivity contribution in [1.82, 2.24) is 4.98 Å². The Labute approximate surface area is 127 Å². The van der Waals surface area contributed by atoms with E-state index in [4.69, 9.17) is 9.47 Å². The number of nitrogens with one attached hydrogen (secondary N) is 1. The predicted molar refractivity (Wildman–Crippen MR) is 83.5 cm³/mol. The highest BCUT2D eigenvalue weighted by Crippen LogP contribution is 2.21. The van der Waals surface area contributed by atoms with E-state index in [0.29, 0.717) is 18.6 Å². The van der Waals surface area contributed by atoms with Crippen molar-refractivity contribution in [3.05, 3.63) is 34.6 Å². The van der Waals surface area contributed by atoms with E-state index in [-0.39, 0.29) is 17.6 Å². The fourth-order valence-electron chi connectivity index (χ4n) is 2.48. The molecule has 0 bridgehead atoms. The molecule has 0 amide bonds. The minimum atomic E-state index is -0.422. The van der Waals surface area contributed by atoms with Gasteiger partial charge in [0, 0.05) is 36.9 Å². The molecule has 0 saturated carbocycles. The third-order valence-electron chi connectivity index (χ3n) is 3.72. The second-order valence-corrected chi connectivity index (χ2v) is 5.14. The van der Waals surface area contributed by atoms with Crippen molar-refractivity contribution in [3.63, 3.8) is 0 Å². The Bertz CT molecular complexity index is 747. The second-order valence-electron chi connectivity index (χ2n) is 5.14. The van der Waals surface area contributed by atoms with Gasteiger partial charge in [-0.05, 0) is 18.2 Å². The van der Waals surface area contributed by atoms with Gasteiger partial charge in [-0.1, -0.05) is 6.92 Å². The highest BCUT2D eigenvalue weighted by atomic mass is 16.5. The first-order valence-electron chi connectivity index (χ1n) is 7.38. The van der Waals surface area contributed by atoms with Gasteiger partial charge in [0.25, 0.3) is 0 Å². The zero-order chi connectivity index (χ0) is 15.5. The molecule has 1 aromatic carbocycles. The van der Waals surface area contributed by atoms with Crippen LogP contribution in [0.1, 0.15) is 13.3 Å². The number of carbonyl (C=O) groups is 1. The third-order valence-corrected chi connectivity index (χ3v) is 3.72. The zero-order valence-corrected chi connectivity index (χ0v) is 12.4. The van der Waals surface area contributed by atoms with Crippen molar-refractivity contribution >= 4 is 22.6 Å². The first kappa shape index (κ1) is 14.6. The van der Waals surface area contributed by atoms with Crippen LogP contribution in [0.2, 0.25) is 0 Å². The quantitative estimate of drug-likeness (QED) is 0.873. The van der Waals surface area contributed by atoms with Gasteiger partial charge in [0.15, 0.2) is 5.75 Å². The number of ether oxygens (including phenoxy) is 2. The lowest BCUT2D eigenvalue weighted by atomic mass is 10.1. The largest absolute Gasteiger partial charge is 0.421 e.